The van der Waals surface area contributed by atoms with Gasteiger partial charge in [-0.3, -0.25) is 19.1 Å². The van der Waals surface area contributed by atoms with Crippen LogP contribution >= 0.6 is 12.2 Å². The molecule has 1 aliphatic rings. The van der Waals surface area contributed by atoms with Crippen molar-refractivity contribution in [3.8, 4) is 0 Å². The zero-order valence-corrected chi connectivity index (χ0v) is 20.2. The molecule has 1 saturated heterocycles. The highest BCUT2D eigenvalue weighted by Crippen LogP contribution is 2.10. The van der Waals surface area contributed by atoms with Gasteiger partial charge in [0.2, 0.25) is 5.91 Å². The minimum Gasteiger partial charge on any atom is -0.379 e. The number of carbonyl (C=O) groups is 1. The van der Waals surface area contributed by atoms with E-state index >= 15 is 0 Å². The van der Waals surface area contributed by atoms with Gasteiger partial charge in [-0.1, -0.05) is 42.8 Å². The van der Waals surface area contributed by atoms with Gasteiger partial charge in [-0.15, -0.1) is 0 Å². The maximum atomic E-state index is 12.7. The molecule has 0 unspecified atom stereocenters. The second-order valence-electron chi connectivity index (χ2n) is 8.72. The van der Waals surface area contributed by atoms with Crippen LogP contribution in [-0.2, 0) is 29.2 Å². The molecule has 4 rings (SSSR count). The molecule has 1 amide bonds. The number of carbonyl (C=O) groups excluding carboxylic acids is 1. The Hall–Kier alpha value is -2.81. The number of nitrogens with one attached hydrogen (secondary N) is 2. The quantitative estimate of drug-likeness (QED) is 0.341. The van der Waals surface area contributed by atoms with Crippen molar-refractivity contribution < 1.29 is 9.53 Å². The van der Waals surface area contributed by atoms with Crippen molar-refractivity contribution in [1.82, 2.24) is 19.8 Å². The standard InChI is InChI=1S/C26H32N4O3S/c31-24(27-18-20-9-11-21(12-10-20)19-29-14-16-33-17-15-29)8-2-1-5-13-30-25(32)22-6-3-4-7-23(22)28-26(30)34/h3-4,6-7,9-12H,1-2,5,8,13-19H2,(H,27,31)(H,28,34). The Morgan fingerprint density at radius 2 is 1.74 bits per heavy atom. The van der Waals surface area contributed by atoms with E-state index in [0.717, 1.165) is 63.2 Å². The summed E-state index contributed by atoms with van der Waals surface area (Å²) >= 11 is 5.35. The van der Waals surface area contributed by atoms with Crippen LogP contribution in [0.5, 0.6) is 0 Å². The minimum absolute atomic E-state index is 0.0533. The van der Waals surface area contributed by atoms with E-state index in [0.29, 0.717) is 29.7 Å². The normalized spacial score (nSPS) is 14.4. The van der Waals surface area contributed by atoms with Crippen LogP contribution in [-0.4, -0.2) is 46.7 Å². The second kappa shape index (κ2) is 12.1. The van der Waals surface area contributed by atoms with E-state index in [1.807, 2.05) is 18.2 Å². The van der Waals surface area contributed by atoms with Crippen molar-refractivity contribution in [2.75, 3.05) is 26.3 Å². The Bertz CT molecular complexity index is 1210. The summed E-state index contributed by atoms with van der Waals surface area (Å²) in [6.45, 7) is 5.59. The number of amides is 1. The summed E-state index contributed by atoms with van der Waals surface area (Å²) in [7, 11) is 0. The molecule has 34 heavy (non-hydrogen) atoms. The average molecular weight is 481 g/mol. The SMILES string of the molecule is O=C(CCCCCn1c(=S)[nH]c2ccccc2c1=O)NCc1ccc(CN2CCOCC2)cc1. The van der Waals surface area contributed by atoms with Gasteiger partial charge in [0.05, 0.1) is 24.1 Å². The van der Waals surface area contributed by atoms with E-state index in [1.165, 1.54) is 5.56 Å². The molecule has 1 aliphatic heterocycles. The Kier molecular flexibility index (Phi) is 8.62. The van der Waals surface area contributed by atoms with Gasteiger partial charge in [-0.2, -0.15) is 0 Å². The largest absolute Gasteiger partial charge is 0.379 e. The lowest BCUT2D eigenvalue weighted by Gasteiger charge is -2.26. The van der Waals surface area contributed by atoms with Gasteiger partial charge in [0, 0.05) is 39.1 Å². The summed E-state index contributed by atoms with van der Waals surface area (Å²) in [6, 6.07) is 15.8. The van der Waals surface area contributed by atoms with Crippen LogP contribution in [0.4, 0.5) is 0 Å². The number of aromatic amines is 1. The van der Waals surface area contributed by atoms with Crippen LogP contribution in [0, 0.1) is 4.77 Å². The number of ether oxygens (including phenoxy) is 1. The van der Waals surface area contributed by atoms with Crippen LogP contribution in [0.25, 0.3) is 10.9 Å². The van der Waals surface area contributed by atoms with Crippen molar-refractivity contribution in [3.05, 3.63) is 74.8 Å². The lowest BCUT2D eigenvalue weighted by atomic mass is 10.1. The number of para-hydroxylation sites is 1. The van der Waals surface area contributed by atoms with Gasteiger partial charge < -0.3 is 15.0 Å². The van der Waals surface area contributed by atoms with E-state index in [9.17, 15) is 9.59 Å². The monoisotopic (exact) mass is 480 g/mol. The molecule has 0 spiro atoms. The highest BCUT2D eigenvalue weighted by atomic mass is 32.1. The van der Waals surface area contributed by atoms with Crippen molar-refractivity contribution in [2.45, 2.75) is 45.3 Å². The van der Waals surface area contributed by atoms with E-state index < -0.39 is 0 Å². The third-order valence-corrected chi connectivity index (χ3v) is 6.52. The maximum Gasteiger partial charge on any atom is 0.262 e. The van der Waals surface area contributed by atoms with Crippen molar-refractivity contribution >= 4 is 29.0 Å². The Morgan fingerprint density at radius 1 is 1.00 bits per heavy atom. The topological polar surface area (TPSA) is 79.4 Å². The zero-order chi connectivity index (χ0) is 23.8. The summed E-state index contributed by atoms with van der Waals surface area (Å²) in [5.41, 5.74) is 3.08. The molecule has 0 radical (unpaired) electrons. The minimum atomic E-state index is -0.0620. The number of fused-ring (bicyclic) bond motifs is 1. The van der Waals surface area contributed by atoms with Crippen LogP contribution in [0.3, 0.4) is 0 Å². The summed E-state index contributed by atoms with van der Waals surface area (Å²) in [5, 5.41) is 3.65. The molecular formula is C26H32N4O3S. The number of unbranched alkanes of at least 4 members (excludes halogenated alkanes) is 2. The van der Waals surface area contributed by atoms with Gasteiger partial charge in [-0.25, -0.2) is 0 Å². The number of nitrogens with zero attached hydrogens (tertiary/aromatic N) is 2. The second-order valence-corrected chi connectivity index (χ2v) is 9.11. The molecule has 2 N–H and O–H groups in total. The highest BCUT2D eigenvalue weighted by molar-refractivity contribution is 7.71. The number of aromatic nitrogens is 2. The van der Waals surface area contributed by atoms with E-state index in [2.05, 4.69) is 39.5 Å². The summed E-state index contributed by atoms with van der Waals surface area (Å²) in [6.07, 6.45) is 2.92. The number of hydrogen-bond donors (Lipinski definition) is 2. The van der Waals surface area contributed by atoms with Crippen molar-refractivity contribution in [3.63, 3.8) is 0 Å². The molecule has 180 valence electrons. The number of morpholine rings is 1. The number of H-pyrrole nitrogens is 1. The first-order valence-corrected chi connectivity index (χ1v) is 12.4. The number of rotatable bonds is 10. The molecule has 2 aromatic carbocycles. The van der Waals surface area contributed by atoms with Gasteiger partial charge in [0.1, 0.15) is 0 Å². The summed E-state index contributed by atoms with van der Waals surface area (Å²) < 4.78 is 7.45. The van der Waals surface area contributed by atoms with Gasteiger partial charge in [0.15, 0.2) is 4.77 Å². The predicted molar refractivity (Wildman–Crippen MR) is 136 cm³/mol. The van der Waals surface area contributed by atoms with Crippen molar-refractivity contribution in [1.29, 1.82) is 0 Å². The molecular weight excluding hydrogens is 448 g/mol. The molecule has 0 saturated carbocycles. The summed E-state index contributed by atoms with van der Waals surface area (Å²) in [4.78, 5) is 30.4. The van der Waals surface area contributed by atoms with E-state index in [1.54, 1.807) is 10.6 Å². The van der Waals surface area contributed by atoms with Crippen LogP contribution in [0.15, 0.2) is 53.3 Å². The predicted octanol–water partition coefficient (Wildman–Crippen LogP) is 3.77. The number of hydrogen-bond acceptors (Lipinski definition) is 5. The third kappa shape index (κ3) is 6.62. The molecule has 0 aliphatic carbocycles. The van der Waals surface area contributed by atoms with E-state index in [4.69, 9.17) is 17.0 Å². The first-order valence-electron chi connectivity index (χ1n) is 12.0. The fraction of sp³-hybridized carbons (Fsp3) is 0.423. The molecule has 8 heteroatoms. The smallest absolute Gasteiger partial charge is 0.262 e. The van der Waals surface area contributed by atoms with Crippen molar-refractivity contribution in [2.24, 2.45) is 0 Å². The maximum absolute atomic E-state index is 12.7. The average Bonchev–Trinajstić information content (AvgIpc) is 2.86. The first kappa shape index (κ1) is 24.3. The molecule has 1 fully saturated rings. The molecule has 7 nitrogen and oxygen atoms in total. The first-order chi connectivity index (χ1) is 16.6. The van der Waals surface area contributed by atoms with Crippen LogP contribution in [0.2, 0.25) is 0 Å². The zero-order valence-electron chi connectivity index (χ0n) is 19.4. The lowest BCUT2D eigenvalue weighted by molar-refractivity contribution is -0.121. The van der Waals surface area contributed by atoms with Gasteiger partial charge in [-0.05, 0) is 48.3 Å². The highest BCUT2D eigenvalue weighted by Gasteiger charge is 2.10. The van der Waals surface area contributed by atoms with Crippen LogP contribution in [0.1, 0.15) is 36.8 Å². The van der Waals surface area contributed by atoms with Gasteiger partial charge >= 0.3 is 0 Å². The Balaban J connectivity index is 1.15. The molecule has 0 bridgehead atoms. The molecule has 0 atom stereocenters. The lowest BCUT2D eigenvalue weighted by Crippen LogP contribution is -2.35. The Morgan fingerprint density at radius 3 is 2.53 bits per heavy atom. The van der Waals surface area contributed by atoms with E-state index in [-0.39, 0.29) is 11.5 Å². The number of benzene rings is 2. The molecule has 1 aromatic heterocycles. The third-order valence-electron chi connectivity index (χ3n) is 6.20. The fourth-order valence-electron chi connectivity index (χ4n) is 4.20. The molecule has 3 aromatic rings. The summed E-state index contributed by atoms with van der Waals surface area (Å²) in [5.74, 6) is 0.0533. The van der Waals surface area contributed by atoms with Crippen LogP contribution < -0.4 is 10.9 Å². The van der Waals surface area contributed by atoms with Gasteiger partial charge in [0.25, 0.3) is 5.56 Å². The molecule has 2 heterocycles. The fourth-order valence-corrected chi connectivity index (χ4v) is 4.49. The Labute approximate surface area is 204 Å².